The largest absolute Gasteiger partial charge is 0.364 e. The molecular weight excluding hydrogens is 236 g/mol. The molecule has 2 heterocycles. The predicted molar refractivity (Wildman–Crippen MR) is 75.8 cm³/mol. The molecule has 0 atom stereocenters. The van der Waals surface area contributed by atoms with Gasteiger partial charge in [0.15, 0.2) is 0 Å². The molecule has 0 radical (unpaired) electrons. The molecule has 1 N–H and O–H groups in total. The summed E-state index contributed by atoms with van der Waals surface area (Å²) in [5.74, 6) is 0.815. The minimum absolute atomic E-state index is 0.688. The van der Waals surface area contributed by atoms with Crippen molar-refractivity contribution in [3.63, 3.8) is 0 Å². The van der Waals surface area contributed by atoms with Crippen LogP contribution in [0.5, 0.6) is 0 Å². The highest BCUT2D eigenvalue weighted by molar-refractivity contribution is 5.81. The van der Waals surface area contributed by atoms with Crippen LogP contribution in [0.4, 0.5) is 5.82 Å². The van der Waals surface area contributed by atoms with E-state index in [9.17, 15) is 0 Å². The van der Waals surface area contributed by atoms with Gasteiger partial charge >= 0.3 is 0 Å². The number of para-hydroxylation sites is 1. The average molecular weight is 250 g/mol. The number of aromatic nitrogens is 3. The Morgan fingerprint density at radius 1 is 0.947 bits per heavy atom. The second-order valence-electron chi connectivity index (χ2n) is 4.34. The zero-order chi connectivity index (χ0) is 13.1. The van der Waals surface area contributed by atoms with E-state index >= 15 is 0 Å². The van der Waals surface area contributed by atoms with Gasteiger partial charge in [-0.15, -0.1) is 0 Å². The van der Waals surface area contributed by atoms with Crippen LogP contribution in [0.3, 0.4) is 0 Å². The Morgan fingerprint density at radius 2 is 1.79 bits per heavy atom. The fourth-order valence-corrected chi connectivity index (χ4v) is 2.07. The minimum Gasteiger partial charge on any atom is -0.364 e. The second kappa shape index (κ2) is 5.02. The minimum atomic E-state index is 0.688. The van der Waals surface area contributed by atoms with Crippen molar-refractivity contribution in [2.75, 3.05) is 5.32 Å². The fraction of sp³-hybridized carbons (Fsp3) is 0.133. The summed E-state index contributed by atoms with van der Waals surface area (Å²) in [6.07, 6.45) is 5.20. The fourth-order valence-electron chi connectivity index (χ4n) is 2.07. The lowest BCUT2D eigenvalue weighted by atomic mass is 10.1. The molecule has 0 aliphatic rings. The molecular formula is C15H14N4. The summed E-state index contributed by atoms with van der Waals surface area (Å²) >= 11 is 0. The molecule has 0 amide bonds. The number of hydrogen-bond acceptors (Lipinski definition) is 4. The molecule has 19 heavy (non-hydrogen) atoms. The summed E-state index contributed by atoms with van der Waals surface area (Å²) < 4.78 is 0. The van der Waals surface area contributed by atoms with E-state index in [1.54, 1.807) is 12.4 Å². The Bertz CT molecular complexity index is 704. The Labute approximate surface area is 111 Å². The Kier molecular flexibility index (Phi) is 3.06. The van der Waals surface area contributed by atoms with Crippen LogP contribution >= 0.6 is 0 Å². The van der Waals surface area contributed by atoms with Crippen LogP contribution < -0.4 is 5.32 Å². The smallest absolute Gasteiger partial charge is 0.147 e. The lowest BCUT2D eigenvalue weighted by Crippen LogP contribution is -2.04. The first-order valence-electron chi connectivity index (χ1n) is 6.19. The van der Waals surface area contributed by atoms with Crippen molar-refractivity contribution in [1.29, 1.82) is 0 Å². The third-order valence-corrected chi connectivity index (χ3v) is 3.04. The quantitative estimate of drug-likeness (QED) is 0.776. The molecule has 0 aliphatic carbocycles. The number of nitrogens with one attached hydrogen (secondary N) is 1. The van der Waals surface area contributed by atoms with Crippen molar-refractivity contribution in [3.8, 4) is 0 Å². The molecule has 4 nitrogen and oxygen atoms in total. The molecule has 0 fully saturated rings. The van der Waals surface area contributed by atoms with Crippen molar-refractivity contribution in [1.82, 2.24) is 15.0 Å². The number of nitrogens with zero attached hydrogens (tertiary/aromatic N) is 3. The zero-order valence-electron chi connectivity index (χ0n) is 10.7. The van der Waals surface area contributed by atoms with Crippen molar-refractivity contribution < 1.29 is 0 Å². The van der Waals surface area contributed by atoms with Crippen LogP contribution in [0.15, 0.2) is 48.9 Å². The van der Waals surface area contributed by atoms with Gasteiger partial charge in [0.05, 0.1) is 11.2 Å². The molecule has 4 heteroatoms. The highest BCUT2D eigenvalue weighted by atomic mass is 15.0. The van der Waals surface area contributed by atoms with Crippen molar-refractivity contribution >= 4 is 16.7 Å². The topological polar surface area (TPSA) is 50.7 Å². The van der Waals surface area contributed by atoms with Crippen LogP contribution in [0.25, 0.3) is 10.9 Å². The summed E-state index contributed by atoms with van der Waals surface area (Å²) in [6.45, 7) is 2.63. The van der Waals surface area contributed by atoms with Gasteiger partial charge in [0, 0.05) is 30.5 Å². The van der Waals surface area contributed by atoms with E-state index in [-0.39, 0.29) is 0 Å². The molecule has 0 saturated heterocycles. The van der Waals surface area contributed by atoms with E-state index in [0.29, 0.717) is 6.54 Å². The van der Waals surface area contributed by atoms with Gasteiger partial charge in [-0.2, -0.15) is 0 Å². The van der Waals surface area contributed by atoms with Gasteiger partial charge in [-0.3, -0.25) is 9.97 Å². The number of rotatable bonds is 3. The van der Waals surface area contributed by atoms with Gasteiger partial charge in [-0.05, 0) is 18.6 Å². The van der Waals surface area contributed by atoms with E-state index < -0.39 is 0 Å². The third kappa shape index (κ3) is 2.38. The highest BCUT2D eigenvalue weighted by Gasteiger charge is 2.03. The van der Waals surface area contributed by atoms with E-state index in [2.05, 4.69) is 38.5 Å². The molecule has 1 aromatic carbocycles. The summed E-state index contributed by atoms with van der Waals surface area (Å²) in [4.78, 5) is 12.9. The monoisotopic (exact) mass is 250 g/mol. The van der Waals surface area contributed by atoms with E-state index in [0.717, 1.165) is 28.0 Å². The lowest BCUT2D eigenvalue weighted by molar-refractivity contribution is 1.05. The maximum atomic E-state index is 4.44. The van der Waals surface area contributed by atoms with Crippen LogP contribution in [0.2, 0.25) is 0 Å². The summed E-state index contributed by atoms with van der Waals surface area (Å²) in [6, 6.07) is 10.2. The number of pyridine rings is 1. The molecule has 3 aromatic rings. The Balaban J connectivity index is 1.88. The number of benzene rings is 1. The van der Waals surface area contributed by atoms with E-state index in [1.165, 1.54) is 0 Å². The molecule has 0 unspecified atom stereocenters. The first kappa shape index (κ1) is 11.6. The average Bonchev–Trinajstić information content (AvgIpc) is 2.46. The highest BCUT2D eigenvalue weighted by Crippen LogP contribution is 2.17. The predicted octanol–water partition coefficient (Wildman–Crippen LogP) is 2.95. The number of hydrogen-bond donors (Lipinski definition) is 1. The lowest BCUT2D eigenvalue weighted by Gasteiger charge is -2.09. The Morgan fingerprint density at radius 3 is 2.68 bits per heavy atom. The van der Waals surface area contributed by atoms with Gasteiger partial charge in [0.25, 0.3) is 0 Å². The van der Waals surface area contributed by atoms with Gasteiger partial charge < -0.3 is 5.32 Å². The first-order chi connectivity index (χ1) is 9.34. The number of anilines is 1. The van der Waals surface area contributed by atoms with Gasteiger partial charge in [-0.1, -0.05) is 24.3 Å². The molecule has 0 bridgehead atoms. The number of fused-ring (bicyclic) bond motifs is 1. The third-order valence-electron chi connectivity index (χ3n) is 3.04. The molecule has 2 aromatic heterocycles. The number of aryl methyl sites for hydroxylation is 1. The van der Waals surface area contributed by atoms with E-state index in [4.69, 9.17) is 0 Å². The van der Waals surface area contributed by atoms with Crippen molar-refractivity contribution in [2.45, 2.75) is 13.5 Å². The molecule has 94 valence electrons. The molecule has 0 aliphatic heterocycles. The van der Waals surface area contributed by atoms with Crippen LogP contribution in [0.1, 0.15) is 11.3 Å². The molecule has 0 saturated carbocycles. The standard InChI is InChI=1S/C15H14N4/c1-11-15(18-9-8-16-11)19-10-13-5-2-4-12-6-3-7-17-14(12)13/h2-9H,10H2,1H3,(H,18,19). The van der Waals surface area contributed by atoms with Gasteiger partial charge in [-0.25, -0.2) is 4.98 Å². The first-order valence-corrected chi connectivity index (χ1v) is 6.19. The van der Waals surface area contributed by atoms with Crippen molar-refractivity contribution in [2.24, 2.45) is 0 Å². The van der Waals surface area contributed by atoms with E-state index in [1.807, 2.05) is 25.3 Å². The van der Waals surface area contributed by atoms with Crippen LogP contribution in [0, 0.1) is 6.92 Å². The summed E-state index contributed by atoms with van der Waals surface area (Å²) in [5.41, 5.74) is 3.08. The maximum Gasteiger partial charge on any atom is 0.147 e. The summed E-state index contributed by atoms with van der Waals surface area (Å²) in [7, 11) is 0. The van der Waals surface area contributed by atoms with Crippen LogP contribution in [-0.2, 0) is 6.54 Å². The molecule has 0 spiro atoms. The van der Waals surface area contributed by atoms with Gasteiger partial charge in [0.2, 0.25) is 0 Å². The molecule has 3 rings (SSSR count). The van der Waals surface area contributed by atoms with Gasteiger partial charge in [0.1, 0.15) is 5.82 Å². The van der Waals surface area contributed by atoms with Crippen molar-refractivity contribution in [3.05, 3.63) is 60.2 Å². The zero-order valence-corrected chi connectivity index (χ0v) is 10.7. The SMILES string of the molecule is Cc1nccnc1NCc1cccc2cccnc12. The second-order valence-corrected chi connectivity index (χ2v) is 4.34. The normalized spacial score (nSPS) is 10.6. The maximum absolute atomic E-state index is 4.44. The Hall–Kier alpha value is -2.49. The summed E-state index contributed by atoms with van der Waals surface area (Å²) in [5, 5.41) is 4.46. The van der Waals surface area contributed by atoms with Crippen LogP contribution in [-0.4, -0.2) is 15.0 Å².